The van der Waals surface area contributed by atoms with Crippen LogP contribution < -0.4 is 5.56 Å². The predicted octanol–water partition coefficient (Wildman–Crippen LogP) is 3.19. The molecular weight excluding hydrogens is 348 g/mol. The van der Waals surface area contributed by atoms with E-state index in [2.05, 4.69) is 21.0 Å². The third-order valence-electron chi connectivity index (χ3n) is 3.21. The monoisotopic (exact) mass is 364 g/mol. The highest BCUT2D eigenvalue weighted by Crippen LogP contribution is 2.20. The summed E-state index contributed by atoms with van der Waals surface area (Å²) in [4.78, 5) is 24.0. The molecule has 1 heterocycles. The molecule has 116 valence electrons. The third kappa shape index (κ3) is 3.62. The van der Waals surface area contributed by atoms with Gasteiger partial charge in [-0.1, -0.05) is 35.0 Å². The maximum atomic E-state index is 12.1. The molecule has 5 nitrogen and oxygen atoms in total. The first-order valence-corrected chi connectivity index (χ1v) is 7.88. The largest absolute Gasteiger partial charge is 0.464 e. The van der Waals surface area contributed by atoms with Gasteiger partial charge < -0.3 is 4.74 Å². The summed E-state index contributed by atoms with van der Waals surface area (Å²) in [6, 6.07) is 9.96. The summed E-state index contributed by atoms with van der Waals surface area (Å²) in [7, 11) is 0. The first-order chi connectivity index (χ1) is 10.6. The van der Waals surface area contributed by atoms with Crippen molar-refractivity contribution in [1.82, 2.24) is 9.78 Å². The van der Waals surface area contributed by atoms with Crippen LogP contribution >= 0.6 is 15.9 Å². The zero-order chi connectivity index (χ0) is 16.1. The molecule has 0 radical (unpaired) electrons. The number of carbonyl (C=O) groups is 1. The second-order valence-electron chi connectivity index (χ2n) is 4.68. The molecular formula is C16H17BrN2O3. The molecule has 0 N–H and O–H groups in total. The molecule has 0 fully saturated rings. The molecule has 0 saturated heterocycles. The molecule has 0 saturated carbocycles. The summed E-state index contributed by atoms with van der Waals surface area (Å²) in [6.07, 6.45) is 0.440. The molecule has 1 atom stereocenters. The maximum absolute atomic E-state index is 12.1. The normalized spacial score (nSPS) is 12.0. The Morgan fingerprint density at radius 3 is 2.50 bits per heavy atom. The van der Waals surface area contributed by atoms with Crippen LogP contribution in [0.5, 0.6) is 0 Å². The molecule has 1 aromatic heterocycles. The van der Waals surface area contributed by atoms with Crippen molar-refractivity contribution in [2.45, 2.75) is 26.3 Å². The maximum Gasteiger partial charge on any atom is 0.331 e. The van der Waals surface area contributed by atoms with Gasteiger partial charge in [-0.15, -0.1) is 0 Å². The van der Waals surface area contributed by atoms with Gasteiger partial charge >= 0.3 is 5.97 Å². The molecule has 0 aliphatic carbocycles. The van der Waals surface area contributed by atoms with Gasteiger partial charge in [-0.2, -0.15) is 5.10 Å². The molecule has 1 aromatic carbocycles. The van der Waals surface area contributed by atoms with Crippen LogP contribution in [0.15, 0.2) is 45.7 Å². The first-order valence-electron chi connectivity index (χ1n) is 7.09. The molecule has 0 spiro atoms. The number of nitrogens with zero attached hydrogens (tertiary/aromatic N) is 2. The van der Waals surface area contributed by atoms with Crippen molar-refractivity contribution in [2.24, 2.45) is 0 Å². The van der Waals surface area contributed by atoms with Crippen LogP contribution in [0.2, 0.25) is 0 Å². The van der Waals surface area contributed by atoms with Crippen LogP contribution in [0.3, 0.4) is 0 Å². The first kappa shape index (κ1) is 16.4. The minimum Gasteiger partial charge on any atom is -0.464 e. The van der Waals surface area contributed by atoms with E-state index < -0.39 is 12.0 Å². The standard InChI is InChI=1S/C16H17BrN2O3/c1-3-14(16(21)22-4-2)19-15(20)10-9-13(18-19)11-5-7-12(17)8-6-11/h5-10,14H,3-4H2,1-2H3. The van der Waals surface area contributed by atoms with Gasteiger partial charge in [0.1, 0.15) is 0 Å². The number of benzene rings is 1. The van der Waals surface area contributed by atoms with Crippen LogP contribution in [0.1, 0.15) is 26.3 Å². The van der Waals surface area contributed by atoms with Crippen molar-refractivity contribution in [3.8, 4) is 11.3 Å². The molecule has 0 aliphatic heterocycles. The van der Waals surface area contributed by atoms with E-state index in [1.54, 1.807) is 13.0 Å². The Balaban J connectivity index is 2.43. The summed E-state index contributed by atoms with van der Waals surface area (Å²) in [6.45, 7) is 3.83. The van der Waals surface area contributed by atoms with Crippen molar-refractivity contribution >= 4 is 21.9 Å². The van der Waals surface area contributed by atoms with Gasteiger partial charge in [0.15, 0.2) is 6.04 Å². The Morgan fingerprint density at radius 2 is 1.91 bits per heavy atom. The summed E-state index contributed by atoms with van der Waals surface area (Å²) < 4.78 is 7.19. The molecule has 0 aliphatic rings. The number of aromatic nitrogens is 2. The Hall–Kier alpha value is -1.95. The van der Waals surface area contributed by atoms with E-state index in [4.69, 9.17) is 4.74 Å². The van der Waals surface area contributed by atoms with E-state index in [1.807, 2.05) is 31.2 Å². The van der Waals surface area contributed by atoms with Gasteiger partial charge in [0.2, 0.25) is 0 Å². The lowest BCUT2D eigenvalue weighted by molar-refractivity contribution is -0.147. The highest BCUT2D eigenvalue weighted by molar-refractivity contribution is 9.10. The molecule has 6 heteroatoms. The van der Waals surface area contributed by atoms with Crippen molar-refractivity contribution in [1.29, 1.82) is 0 Å². The molecule has 22 heavy (non-hydrogen) atoms. The van der Waals surface area contributed by atoms with Gasteiger partial charge in [-0.05, 0) is 31.5 Å². The topological polar surface area (TPSA) is 61.2 Å². The minimum atomic E-state index is -0.706. The number of halogens is 1. The van der Waals surface area contributed by atoms with Crippen LogP contribution in [0.4, 0.5) is 0 Å². The average Bonchev–Trinajstić information content (AvgIpc) is 2.51. The Kier molecular flexibility index (Phi) is 5.49. The van der Waals surface area contributed by atoms with E-state index in [0.29, 0.717) is 12.1 Å². The Labute approximate surface area is 137 Å². The SMILES string of the molecule is CCOC(=O)C(CC)n1nc(-c2ccc(Br)cc2)ccc1=O. The number of ether oxygens (including phenoxy) is 1. The van der Waals surface area contributed by atoms with Crippen molar-refractivity contribution in [3.05, 3.63) is 51.2 Å². The smallest absolute Gasteiger partial charge is 0.331 e. The average molecular weight is 365 g/mol. The van der Waals surface area contributed by atoms with E-state index in [0.717, 1.165) is 10.0 Å². The zero-order valence-electron chi connectivity index (χ0n) is 12.5. The van der Waals surface area contributed by atoms with Crippen molar-refractivity contribution in [2.75, 3.05) is 6.61 Å². The Morgan fingerprint density at radius 1 is 1.23 bits per heavy atom. The highest BCUT2D eigenvalue weighted by atomic mass is 79.9. The summed E-state index contributed by atoms with van der Waals surface area (Å²) in [5, 5.41) is 4.33. The van der Waals surface area contributed by atoms with Crippen LogP contribution in [0.25, 0.3) is 11.3 Å². The fourth-order valence-electron chi connectivity index (χ4n) is 2.10. The van der Waals surface area contributed by atoms with Gasteiger partial charge in [0.05, 0.1) is 12.3 Å². The summed E-state index contributed by atoms with van der Waals surface area (Å²) >= 11 is 3.38. The fraction of sp³-hybridized carbons (Fsp3) is 0.312. The number of hydrogen-bond acceptors (Lipinski definition) is 4. The van der Waals surface area contributed by atoms with E-state index in [1.165, 1.54) is 10.7 Å². The Bertz CT molecular complexity index is 710. The lowest BCUT2D eigenvalue weighted by Crippen LogP contribution is -2.32. The lowest BCUT2D eigenvalue weighted by Gasteiger charge is -2.16. The van der Waals surface area contributed by atoms with Gasteiger partial charge in [0.25, 0.3) is 5.56 Å². The second-order valence-corrected chi connectivity index (χ2v) is 5.60. The van der Waals surface area contributed by atoms with Crippen LogP contribution in [-0.4, -0.2) is 22.4 Å². The quantitative estimate of drug-likeness (QED) is 0.764. The molecule has 2 rings (SSSR count). The highest BCUT2D eigenvalue weighted by Gasteiger charge is 2.22. The minimum absolute atomic E-state index is 0.274. The predicted molar refractivity (Wildman–Crippen MR) is 87.6 cm³/mol. The van der Waals surface area contributed by atoms with Gasteiger partial charge in [0, 0.05) is 16.1 Å². The number of rotatable bonds is 5. The molecule has 1 unspecified atom stereocenters. The summed E-state index contributed by atoms with van der Waals surface area (Å²) in [5.41, 5.74) is 1.19. The summed E-state index contributed by atoms with van der Waals surface area (Å²) in [5.74, 6) is -0.437. The van der Waals surface area contributed by atoms with E-state index in [-0.39, 0.29) is 12.2 Å². The van der Waals surface area contributed by atoms with Crippen LogP contribution in [0, 0.1) is 0 Å². The second kappa shape index (κ2) is 7.35. The number of carbonyl (C=O) groups excluding carboxylic acids is 1. The van der Waals surface area contributed by atoms with E-state index >= 15 is 0 Å². The van der Waals surface area contributed by atoms with Crippen molar-refractivity contribution < 1.29 is 9.53 Å². The zero-order valence-corrected chi connectivity index (χ0v) is 14.0. The molecule has 0 amide bonds. The van der Waals surface area contributed by atoms with Crippen molar-refractivity contribution in [3.63, 3.8) is 0 Å². The van der Waals surface area contributed by atoms with Gasteiger partial charge in [-0.25, -0.2) is 9.48 Å². The fourth-order valence-corrected chi connectivity index (χ4v) is 2.37. The molecule has 2 aromatic rings. The van der Waals surface area contributed by atoms with Crippen LogP contribution in [-0.2, 0) is 9.53 Å². The lowest BCUT2D eigenvalue weighted by atomic mass is 10.1. The molecule has 0 bridgehead atoms. The number of hydrogen-bond donors (Lipinski definition) is 0. The van der Waals surface area contributed by atoms with E-state index in [9.17, 15) is 9.59 Å². The number of esters is 1. The third-order valence-corrected chi connectivity index (χ3v) is 3.73. The van der Waals surface area contributed by atoms with Gasteiger partial charge in [-0.3, -0.25) is 4.79 Å².